The van der Waals surface area contributed by atoms with Crippen molar-refractivity contribution in [1.29, 1.82) is 0 Å². The van der Waals surface area contributed by atoms with Crippen molar-refractivity contribution >= 4 is 44.9 Å². The first kappa shape index (κ1) is 24.2. The molecule has 0 fully saturated rings. The molecule has 0 radical (unpaired) electrons. The molecule has 172 valence electrons. The van der Waals surface area contributed by atoms with Crippen molar-refractivity contribution in [2.24, 2.45) is 0 Å². The predicted octanol–water partition coefficient (Wildman–Crippen LogP) is 4.41. The van der Waals surface area contributed by atoms with Crippen molar-refractivity contribution in [2.45, 2.75) is 11.8 Å². The second-order valence-corrected chi connectivity index (χ2v) is 9.47. The first-order valence-corrected chi connectivity index (χ1v) is 11.5. The summed E-state index contributed by atoms with van der Waals surface area (Å²) < 4.78 is 45.6. The molecule has 0 aliphatic carbocycles. The number of benzene rings is 3. The van der Waals surface area contributed by atoms with Crippen LogP contribution >= 0.6 is 11.6 Å². The molecular weight excluding hydrogens is 471 g/mol. The van der Waals surface area contributed by atoms with E-state index in [1.807, 2.05) is 0 Å². The molecule has 3 rings (SSSR count). The summed E-state index contributed by atoms with van der Waals surface area (Å²) in [5.41, 5.74) is 0.941. The van der Waals surface area contributed by atoms with Crippen LogP contribution in [0.2, 0.25) is 5.02 Å². The molecule has 1 amide bonds. The number of hydrogen-bond acceptors (Lipinski definition) is 5. The van der Waals surface area contributed by atoms with Crippen molar-refractivity contribution in [3.05, 3.63) is 88.7 Å². The monoisotopic (exact) mass is 490 g/mol. The van der Waals surface area contributed by atoms with Crippen LogP contribution in [0.3, 0.4) is 0 Å². The summed E-state index contributed by atoms with van der Waals surface area (Å²) in [4.78, 5) is 24.3. The molecule has 0 aromatic heterocycles. The number of nitrogens with zero attached hydrogens (tertiary/aromatic N) is 1. The van der Waals surface area contributed by atoms with Gasteiger partial charge >= 0.3 is 5.97 Å². The van der Waals surface area contributed by atoms with Crippen LogP contribution in [-0.4, -0.2) is 33.9 Å². The highest BCUT2D eigenvalue weighted by Gasteiger charge is 2.23. The van der Waals surface area contributed by atoms with Crippen LogP contribution in [0.25, 0.3) is 0 Å². The molecule has 10 heteroatoms. The summed E-state index contributed by atoms with van der Waals surface area (Å²) in [6.07, 6.45) is 0. The van der Waals surface area contributed by atoms with Gasteiger partial charge < -0.3 is 10.1 Å². The minimum absolute atomic E-state index is 0.0512. The van der Waals surface area contributed by atoms with E-state index < -0.39 is 34.3 Å². The highest BCUT2D eigenvalue weighted by Crippen LogP contribution is 2.25. The fraction of sp³-hybridized carbons (Fsp3) is 0.130. The van der Waals surface area contributed by atoms with Crippen molar-refractivity contribution < 1.29 is 27.1 Å². The van der Waals surface area contributed by atoms with E-state index >= 15 is 0 Å². The Labute approximate surface area is 195 Å². The third kappa shape index (κ3) is 5.88. The minimum atomic E-state index is -3.99. The van der Waals surface area contributed by atoms with Gasteiger partial charge in [-0.15, -0.1) is 0 Å². The van der Waals surface area contributed by atoms with E-state index in [4.69, 9.17) is 16.3 Å². The minimum Gasteiger partial charge on any atom is -0.452 e. The number of carbonyl (C=O) groups is 2. The Balaban J connectivity index is 1.68. The van der Waals surface area contributed by atoms with Gasteiger partial charge in [0.1, 0.15) is 5.82 Å². The third-order valence-corrected chi connectivity index (χ3v) is 6.71. The molecule has 0 unspecified atom stereocenters. The van der Waals surface area contributed by atoms with Gasteiger partial charge in [0.2, 0.25) is 0 Å². The lowest BCUT2D eigenvalue weighted by atomic mass is 10.2. The maximum atomic E-state index is 13.6. The number of rotatable bonds is 7. The highest BCUT2D eigenvalue weighted by atomic mass is 35.5. The lowest BCUT2D eigenvalue weighted by molar-refractivity contribution is -0.119. The van der Waals surface area contributed by atoms with Gasteiger partial charge in [-0.05, 0) is 61.0 Å². The van der Waals surface area contributed by atoms with Gasteiger partial charge in [0.25, 0.3) is 15.9 Å². The van der Waals surface area contributed by atoms with E-state index in [2.05, 4.69) is 5.32 Å². The summed E-state index contributed by atoms with van der Waals surface area (Å²) in [7, 11) is -2.63. The van der Waals surface area contributed by atoms with Gasteiger partial charge in [-0.2, -0.15) is 0 Å². The van der Waals surface area contributed by atoms with Crippen LogP contribution in [0.4, 0.5) is 15.8 Å². The largest absolute Gasteiger partial charge is 0.452 e. The summed E-state index contributed by atoms with van der Waals surface area (Å²) in [6, 6.07) is 15.7. The zero-order valence-electron chi connectivity index (χ0n) is 17.7. The zero-order valence-corrected chi connectivity index (χ0v) is 19.3. The van der Waals surface area contributed by atoms with E-state index in [-0.39, 0.29) is 16.1 Å². The van der Waals surface area contributed by atoms with Gasteiger partial charge in [-0.3, -0.25) is 9.10 Å². The van der Waals surface area contributed by atoms with Crippen molar-refractivity contribution in [2.75, 3.05) is 23.3 Å². The molecule has 3 aromatic carbocycles. The Bertz CT molecular complexity index is 1310. The maximum Gasteiger partial charge on any atom is 0.338 e. The number of sulfonamides is 1. The van der Waals surface area contributed by atoms with Crippen LogP contribution in [0.5, 0.6) is 0 Å². The van der Waals surface area contributed by atoms with Gasteiger partial charge in [0.15, 0.2) is 6.61 Å². The molecule has 0 saturated carbocycles. The van der Waals surface area contributed by atoms with E-state index in [0.717, 1.165) is 16.4 Å². The first-order chi connectivity index (χ1) is 15.6. The molecule has 0 aliphatic rings. The number of nitrogens with one attached hydrogen (secondary N) is 1. The van der Waals surface area contributed by atoms with Gasteiger partial charge in [-0.25, -0.2) is 17.6 Å². The van der Waals surface area contributed by atoms with Crippen LogP contribution in [0, 0.1) is 12.7 Å². The zero-order chi connectivity index (χ0) is 24.2. The van der Waals surface area contributed by atoms with Gasteiger partial charge in [0.05, 0.1) is 16.1 Å². The molecule has 3 aromatic rings. The van der Waals surface area contributed by atoms with Crippen molar-refractivity contribution in [3.8, 4) is 0 Å². The standard InChI is InChI=1S/C23H20ClFN2O5S/c1-15-9-10-18(13-21(15)25)26-22(28)14-32-23(29)16-5-3-8-20(11-16)33(30,31)27(2)19-7-4-6-17(24)12-19/h3-13H,14H2,1-2H3,(H,26,28). The quantitative estimate of drug-likeness (QED) is 0.495. The van der Waals surface area contributed by atoms with Crippen molar-refractivity contribution in [3.63, 3.8) is 0 Å². The molecule has 0 spiro atoms. The average molecular weight is 491 g/mol. The van der Waals surface area contributed by atoms with Gasteiger partial charge in [-0.1, -0.05) is 29.8 Å². The number of anilines is 2. The lowest BCUT2D eigenvalue weighted by Gasteiger charge is -2.20. The molecule has 0 atom stereocenters. The average Bonchev–Trinajstić information content (AvgIpc) is 2.79. The van der Waals surface area contributed by atoms with Crippen LogP contribution < -0.4 is 9.62 Å². The third-order valence-electron chi connectivity index (χ3n) is 4.69. The Morgan fingerprint density at radius 1 is 1.06 bits per heavy atom. The Morgan fingerprint density at radius 2 is 1.79 bits per heavy atom. The SMILES string of the molecule is Cc1ccc(NC(=O)COC(=O)c2cccc(S(=O)(=O)N(C)c3cccc(Cl)c3)c2)cc1F. The Morgan fingerprint density at radius 3 is 2.48 bits per heavy atom. The number of halogens is 2. The molecule has 0 bridgehead atoms. The molecule has 33 heavy (non-hydrogen) atoms. The molecule has 0 aliphatic heterocycles. The summed E-state index contributed by atoms with van der Waals surface area (Å²) in [6.45, 7) is 0.956. The summed E-state index contributed by atoms with van der Waals surface area (Å²) in [5, 5.41) is 2.79. The number of ether oxygens (including phenoxy) is 1. The topological polar surface area (TPSA) is 92.8 Å². The van der Waals surface area contributed by atoms with E-state index in [9.17, 15) is 22.4 Å². The molecule has 7 nitrogen and oxygen atoms in total. The molecule has 1 N–H and O–H groups in total. The maximum absolute atomic E-state index is 13.6. The number of amides is 1. The summed E-state index contributed by atoms with van der Waals surface area (Å²) >= 11 is 5.94. The van der Waals surface area contributed by atoms with E-state index in [0.29, 0.717) is 16.3 Å². The second kappa shape index (κ2) is 10.0. The van der Waals surface area contributed by atoms with Crippen molar-refractivity contribution in [1.82, 2.24) is 0 Å². The van der Waals surface area contributed by atoms with Crippen LogP contribution in [0.1, 0.15) is 15.9 Å². The molecular formula is C23H20ClFN2O5S. The number of aryl methyl sites for hydroxylation is 1. The highest BCUT2D eigenvalue weighted by molar-refractivity contribution is 7.92. The Kier molecular flexibility index (Phi) is 7.35. The first-order valence-electron chi connectivity index (χ1n) is 9.65. The number of esters is 1. The predicted molar refractivity (Wildman–Crippen MR) is 124 cm³/mol. The van der Waals surface area contributed by atoms with Crippen LogP contribution in [0.15, 0.2) is 71.6 Å². The second-order valence-electron chi connectivity index (χ2n) is 7.07. The fourth-order valence-corrected chi connectivity index (χ4v) is 4.25. The van der Waals surface area contributed by atoms with E-state index in [1.54, 1.807) is 25.1 Å². The number of hydrogen-bond donors (Lipinski definition) is 1. The fourth-order valence-electron chi connectivity index (χ4n) is 2.83. The molecule has 0 saturated heterocycles. The van der Waals surface area contributed by atoms with E-state index in [1.165, 1.54) is 43.4 Å². The normalized spacial score (nSPS) is 11.0. The molecule has 0 heterocycles. The smallest absolute Gasteiger partial charge is 0.338 e. The number of carbonyl (C=O) groups excluding carboxylic acids is 2. The van der Waals surface area contributed by atoms with Crippen LogP contribution in [-0.2, 0) is 19.6 Å². The summed E-state index contributed by atoms with van der Waals surface area (Å²) in [5.74, 6) is -2.04. The van der Waals surface area contributed by atoms with Gasteiger partial charge in [0, 0.05) is 17.8 Å². The lowest BCUT2D eigenvalue weighted by Crippen LogP contribution is -2.27. The Hall–Kier alpha value is -3.43.